The van der Waals surface area contributed by atoms with Crippen LogP contribution in [0.3, 0.4) is 0 Å². The van der Waals surface area contributed by atoms with Gasteiger partial charge in [0.15, 0.2) is 0 Å². The molecule has 4 nitrogen and oxygen atoms in total. The van der Waals surface area contributed by atoms with E-state index in [9.17, 15) is 0 Å². The van der Waals surface area contributed by atoms with E-state index in [1.54, 1.807) is 0 Å². The molecule has 0 unspecified atom stereocenters. The van der Waals surface area contributed by atoms with E-state index in [-0.39, 0.29) is 0 Å². The first kappa shape index (κ1) is 16.2. The van der Waals surface area contributed by atoms with Gasteiger partial charge < -0.3 is 14.2 Å². The number of hydrogen-bond acceptors (Lipinski definition) is 3. The van der Waals surface area contributed by atoms with Gasteiger partial charge in [-0.1, -0.05) is 11.6 Å². The minimum Gasteiger partial charge on any atom is -0.313 e. The van der Waals surface area contributed by atoms with Crippen LogP contribution in [0, 0.1) is 0 Å². The summed E-state index contributed by atoms with van der Waals surface area (Å²) in [6.45, 7) is 3.00. The maximum atomic E-state index is 6.14. The molecule has 2 aromatic heterocycles. The third-order valence-electron chi connectivity index (χ3n) is 4.06. The lowest BCUT2D eigenvalue weighted by molar-refractivity contribution is 0.293. The monoisotopic (exact) mass is 330 g/mol. The molecule has 0 aliphatic rings. The molecule has 0 N–H and O–H groups in total. The Morgan fingerprint density at radius 1 is 1.09 bits per heavy atom. The summed E-state index contributed by atoms with van der Waals surface area (Å²) >= 11 is 6.14. The smallest absolute Gasteiger partial charge is 0.0889 e. The maximum absolute atomic E-state index is 6.14. The summed E-state index contributed by atoms with van der Waals surface area (Å²) in [7, 11) is 6.37. The van der Waals surface area contributed by atoms with Gasteiger partial charge in [0.2, 0.25) is 0 Å². The fourth-order valence-corrected chi connectivity index (χ4v) is 3.09. The predicted octanol–water partition coefficient (Wildman–Crippen LogP) is 3.52. The van der Waals surface area contributed by atoms with E-state index in [4.69, 9.17) is 16.6 Å². The van der Waals surface area contributed by atoms with Crippen LogP contribution in [0.25, 0.3) is 16.6 Å². The Kier molecular flexibility index (Phi) is 4.85. The van der Waals surface area contributed by atoms with Gasteiger partial charge in [-0.05, 0) is 71.0 Å². The third-order valence-corrected chi connectivity index (χ3v) is 4.30. The van der Waals surface area contributed by atoms with Gasteiger partial charge in [0.05, 0.1) is 22.2 Å². The van der Waals surface area contributed by atoms with Gasteiger partial charge >= 0.3 is 0 Å². The van der Waals surface area contributed by atoms with E-state index in [0.717, 1.165) is 47.8 Å². The summed E-state index contributed by atoms with van der Waals surface area (Å²) in [6, 6.07) is 10.1. The molecule has 0 aliphatic heterocycles. The zero-order chi connectivity index (χ0) is 16.4. The van der Waals surface area contributed by atoms with Crippen LogP contribution in [0.15, 0.2) is 36.5 Å². The lowest BCUT2D eigenvalue weighted by Gasteiger charge is -2.19. The Balaban J connectivity index is 1.88. The standard InChI is InChI=1S/C18H23ClN4/c1-21(2)9-5-10-22(3)13-16-17-6-4-11-23(17)18-8-7-14(19)12-15(18)20-16/h4,6-8,11-12H,5,9-10,13H2,1-3H3. The molecule has 0 bridgehead atoms. The van der Waals surface area contributed by atoms with E-state index in [2.05, 4.69) is 53.7 Å². The molecule has 0 spiro atoms. The van der Waals surface area contributed by atoms with Crippen LogP contribution in [-0.2, 0) is 6.54 Å². The molecule has 0 saturated heterocycles. The van der Waals surface area contributed by atoms with E-state index in [1.165, 1.54) is 5.52 Å². The van der Waals surface area contributed by atoms with Crippen molar-refractivity contribution < 1.29 is 0 Å². The molecule has 3 aromatic rings. The van der Waals surface area contributed by atoms with Crippen molar-refractivity contribution in [1.82, 2.24) is 19.2 Å². The minimum absolute atomic E-state index is 0.724. The molecule has 0 atom stereocenters. The maximum Gasteiger partial charge on any atom is 0.0889 e. The minimum atomic E-state index is 0.724. The number of hydrogen-bond donors (Lipinski definition) is 0. The van der Waals surface area contributed by atoms with Gasteiger partial charge in [-0.15, -0.1) is 0 Å². The van der Waals surface area contributed by atoms with Crippen LogP contribution >= 0.6 is 11.6 Å². The molecule has 0 saturated carbocycles. The number of fused-ring (bicyclic) bond motifs is 3. The third kappa shape index (κ3) is 3.66. The lowest BCUT2D eigenvalue weighted by Crippen LogP contribution is -2.24. The average Bonchev–Trinajstić information content (AvgIpc) is 2.96. The molecule has 0 amide bonds. The van der Waals surface area contributed by atoms with Crippen molar-refractivity contribution in [3.05, 3.63) is 47.2 Å². The zero-order valence-corrected chi connectivity index (χ0v) is 14.7. The normalized spacial score (nSPS) is 12.1. The number of benzene rings is 1. The topological polar surface area (TPSA) is 23.8 Å². The fourth-order valence-electron chi connectivity index (χ4n) is 2.93. The van der Waals surface area contributed by atoms with E-state index >= 15 is 0 Å². The van der Waals surface area contributed by atoms with Crippen LogP contribution in [0.4, 0.5) is 0 Å². The number of aromatic nitrogens is 2. The van der Waals surface area contributed by atoms with E-state index < -0.39 is 0 Å². The highest BCUT2D eigenvalue weighted by atomic mass is 35.5. The van der Waals surface area contributed by atoms with Crippen LogP contribution in [0.2, 0.25) is 5.02 Å². The van der Waals surface area contributed by atoms with Gasteiger partial charge in [-0.2, -0.15) is 0 Å². The second-order valence-corrected chi connectivity index (χ2v) is 6.79. The average molecular weight is 331 g/mol. The summed E-state index contributed by atoms with van der Waals surface area (Å²) in [4.78, 5) is 9.41. The van der Waals surface area contributed by atoms with Crippen LogP contribution < -0.4 is 0 Å². The van der Waals surface area contributed by atoms with Crippen molar-refractivity contribution in [2.75, 3.05) is 34.2 Å². The second-order valence-electron chi connectivity index (χ2n) is 6.35. The number of nitrogens with zero attached hydrogens (tertiary/aromatic N) is 4. The molecular weight excluding hydrogens is 308 g/mol. The van der Waals surface area contributed by atoms with Crippen LogP contribution in [0.5, 0.6) is 0 Å². The van der Waals surface area contributed by atoms with Crippen molar-refractivity contribution in [3.8, 4) is 0 Å². The highest BCUT2D eigenvalue weighted by molar-refractivity contribution is 6.31. The van der Waals surface area contributed by atoms with Gasteiger partial charge in [0.1, 0.15) is 0 Å². The Bertz CT molecular complexity index is 809. The zero-order valence-electron chi connectivity index (χ0n) is 14.0. The summed E-state index contributed by atoms with van der Waals surface area (Å²) in [5.74, 6) is 0. The van der Waals surface area contributed by atoms with Crippen LogP contribution in [0.1, 0.15) is 12.1 Å². The quantitative estimate of drug-likeness (QED) is 0.691. The molecular formula is C18H23ClN4. The first-order chi connectivity index (χ1) is 11.0. The van der Waals surface area contributed by atoms with Crippen molar-refractivity contribution in [1.29, 1.82) is 0 Å². The summed E-state index contributed by atoms with van der Waals surface area (Å²) in [5, 5.41) is 0.724. The van der Waals surface area contributed by atoms with E-state index in [0.29, 0.717) is 0 Å². The Morgan fingerprint density at radius 2 is 1.91 bits per heavy atom. The largest absolute Gasteiger partial charge is 0.313 e. The Hall–Kier alpha value is -1.62. The molecule has 0 aliphatic carbocycles. The van der Waals surface area contributed by atoms with Gasteiger partial charge in [0, 0.05) is 17.8 Å². The number of rotatable bonds is 6. The number of halogens is 1. The van der Waals surface area contributed by atoms with Crippen molar-refractivity contribution >= 4 is 28.2 Å². The Morgan fingerprint density at radius 3 is 2.70 bits per heavy atom. The molecule has 0 fully saturated rings. The molecule has 3 rings (SSSR count). The van der Waals surface area contributed by atoms with Crippen molar-refractivity contribution in [2.24, 2.45) is 0 Å². The van der Waals surface area contributed by atoms with Crippen LogP contribution in [-0.4, -0.2) is 53.4 Å². The van der Waals surface area contributed by atoms with Gasteiger partial charge in [-0.3, -0.25) is 0 Å². The Labute approximate surface area is 142 Å². The highest BCUT2D eigenvalue weighted by Crippen LogP contribution is 2.22. The predicted molar refractivity (Wildman–Crippen MR) is 97.2 cm³/mol. The van der Waals surface area contributed by atoms with Crippen molar-refractivity contribution in [2.45, 2.75) is 13.0 Å². The SMILES string of the molecule is CN(C)CCCN(C)Cc1nc2cc(Cl)ccc2n2cccc12. The van der Waals surface area contributed by atoms with Crippen molar-refractivity contribution in [3.63, 3.8) is 0 Å². The molecule has 1 aromatic carbocycles. The van der Waals surface area contributed by atoms with E-state index in [1.807, 2.05) is 18.2 Å². The summed E-state index contributed by atoms with van der Waals surface area (Å²) < 4.78 is 2.20. The summed E-state index contributed by atoms with van der Waals surface area (Å²) in [5.41, 5.74) is 4.29. The molecule has 23 heavy (non-hydrogen) atoms. The molecule has 2 heterocycles. The molecule has 0 radical (unpaired) electrons. The highest BCUT2D eigenvalue weighted by Gasteiger charge is 2.10. The first-order valence-electron chi connectivity index (χ1n) is 7.93. The molecule has 5 heteroatoms. The first-order valence-corrected chi connectivity index (χ1v) is 8.31. The van der Waals surface area contributed by atoms with Gasteiger partial charge in [0.25, 0.3) is 0 Å². The van der Waals surface area contributed by atoms with Gasteiger partial charge in [-0.25, -0.2) is 4.98 Å². The lowest BCUT2D eigenvalue weighted by atomic mass is 10.2. The second kappa shape index (κ2) is 6.87. The summed E-state index contributed by atoms with van der Waals surface area (Å²) in [6.07, 6.45) is 3.24. The fraction of sp³-hybridized carbons (Fsp3) is 0.389. The molecule has 122 valence electrons.